The average molecular weight is 308 g/mol. The number of nitrogens with one attached hydrogen (secondary N) is 1. The third kappa shape index (κ3) is 4.24. The molecular weight excluding hydrogens is 289 g/mol. The van der Waals surface area contributed by atoms with Crippen LogP contribution in [0.25, 0.3) is 0 Å². The molecule has 0 aliphatic carbocycles. The van der Waals surface area contributed by atoms with Gasteiger partial charge in [-0.3, -0.25) is 0 Å². The van der Waals surface area contributed by atoms with Crippen molar-refractivity contribution in [2.24, 2.45) is 0 Å². The van der Waals surface area contributed by atoms with Crippen LogP contribution >= 0.6 is 23.2 Å². The molecular formula is C17H19Cl2N. The second-order valence-electron chi connectivity index (χ2n) is 4.81. The van der Waals surface area contributed by atoms with Crippen LogP contribution in [-0.4, -0.2) is 6.54 Å². The van der Waals surface area contributed by atoms with Crippen molar-refractivity contribution in [2.45, 2.75) is 25.8 Å². The van der Waals surface area contributed by atoms with Crippen LogP contribution in [-0.2, 0) is 6.42 Å². The molecule has 0 amide bonds. The van der Waals surface area contributed by atoms with Gasteiger partial charge in [-0.1, -0.05) is 66.5 Å². The van der Waals surface area contributed by atoms with Crippen LogP contribution in [0.4, 0.5) is 0 Å². The molecule has 0 fully saturated rings. The quantitative estimate of drug-likeness (QED) is 0.766. The van der Waals surface area contributed by atoms with Crippen LogP contribution in [0.3, 0.4) is 0 Å². The summed E-state index contributed by atoms with van der Waals surface area (Å²) in [5.41, 5.74) is 2.55. The predicted molar refractivity (Wildman–Crippen MR) is 87.6 cm³/mol. The second-order valence-corrected chi connectivity index (χ2v) is 5.62. The van der Waals surface area contributed by atoms with E-state index < -0.39 is 0 Å². The SMILES string of the molecule is CCNC(CCc1ccccc1)c1ccc(Cl)c(Cl)c1. The standard InChI is InChI=1S/C17H19Cl2N/c1-2-20-17(11-8-13-6-4-3-5-7-13)14-9-10-15(18)16(19)12-14/h3-7,9-10,12,17,20H,2,8,11H2,1H3. The first-order valence-electron chi connectivity index (χ1n) is 6.93. The van der Waals surface area contributed by atoms with Gasteiger partial charge in [0.25, 0.3) is 0 Å². The molecule has 0 bridgehead atoms. The van der Waals surface area contributed by atoms with Crippen LogP contribution in [0.2, 0.25) is 10.0 Å². The summed E-state index contributed by atoms with van der Waals surface area (Å²) in [5.74, 6) is 0. The van der Waals surface area contributed by atoms with Crippen LogP contribution in [0, 0.1) is 0 Å². The molecule has 106 valence electrons. The van der Waals surface area contributed by atoms with Crippen molar-refractivity contribution in [1.29, 1.82) is 0 Å². The van der Waals surface area contributed by atoms with E-state index >= 15 is 0 Å². The van der Waals surface area contributed by atoms with E-state index in [-0.39, 0.29) is 0 Å². The van der Waals surface area contributed by atoms with E-state index in [4.69, 9.17) is 23.2 Å². The Morgan fingerprint density at radius 2 is 1.75 bits per heavy atom. The highest BCUT2D eigenvalue weighted by atomic mass is 35.5. The van der Waals surface area contributed by atoms with Gasteiger partial charge in [0, 0.05) is 6.04 Å². The lowest BCUT2D eigenvalue weighted by molar-refractivity contribution is 0.515. The summed E-state index contributed by atoms with van der Waals surface area (Å²) in [6, 6.07) is 16.7. The number of aryl methyl sites for hydroxylation is 1. The fraction of sp³-hybridized carbons (Fsp3) is 0.294. The molecule has 0 aromatic heterocycles. The highest BCUT2D eigenvalue weighted by Gasteiger charge is 2.12. The summed E-state index contributed by atoms with van der Waals surface area (Å²) in [6.07, 6.45) is 2.08. The molecule has 0 aliphatic rings. The minimum Gasteiger partial charge on any atom is -0.310 e. The van der Waals surface area contributed by atoms with Gasteiger partial charge in [-0.05, 0) is 42.6 Å². The topological polar surface area (TPSA) is 12.0 Å². The molecule has 1 N–H and O–H groups in total. The Hall–Kier alpha value is -1.02. The van der Waals surface area contributed by atoms with Gasteiger partial charge < -0.3 is 5.32 Å². The molecule has 1 nitrogen and oxygen atoms in total. The molecule has 20 heavy (non-hydrogen) atoms. The molecule has 2 rings (SSSR count). The van der Waals surface area contributed by atoms with Gasteiger partial charge in [0.2, 0.25) is 0 Å². The Balaban J connectivity index is 2.08. The Morgan fingerprint density at radius 3 is 2.40 bits per heavy atom. The first-order chi connectivity index (χ1) is 9.70. The zero-order valence-corrected chi connectivity index (χ0v) is 13.1. The highest BCUT2D eigenvalue weighted by molar-refractivity contribution is 6.42. The number of halogens is 2. The summed E-state index contributed by atoms with van der Waals surface area (Å²) in [6.45, 7) is 3.05. The van der Waals surface area contributed by atoms with Crippen molar-refractivity contribution in [2.75, 3.05) is 6.54 Å². The van der Waals surface area contributed by atoms with Crippen LogP contribution in [0.15, 0.2) is 48.5 Å². The van der Waals surface area contributed by atoms with Crippen molar-refractivity contribution in [1.82, 2.24) is 5.32 Å². The maximum atomic E-state index is 6.12. The van der Waals surface area contributed by atoms with Crippen LogP contribution in [0.1, 0.15) is 30.5 Å². The molecule has 2 aromatic rings. The molecule has 0 spiro atoms. The lowest BCUT2D eigenvalue weighted by atomic mass is 9.99. The van der Waals surface area contributed by atoms with Crippen molar-refractivity contribution < 1.29 is 0 Å². The Morgan fingerprint density at radius 1 is 1.00 bits per heavy atom. The maximum Gasteiger partial charge on any atom is 0.0595 e. The van der Waals surface area contributed by atoms with Gasteiger partial charge in [-0.2, -0.15) is 0 Å². The van der Waals surface area contributed by atoms with E-state index in [1.807, 2.05) is 24.3 Å². The lowest BCUT2D eigenvalue weighted by Gasteiger charge is -2.19. The maximum absolute atomic E-state index is 6.12. The van der Waals surface area contributed by atoms with E-state index in [0.717, 1.165) is 19.4 Å². The summed E-state index contributed by atoms with van der Waals surface area (Å²) >= 11 is 12.1. The van der Waals surface area contributed by atoms with Gasteiger partial charge in [0.1, 0.15) is 0 Å². The summed E-state index contributed by atoms with van der Waals surface area (Å²) in [7, 11) is 0. The van der Waals surface area contributed by atoms with Crippen molar-refractivity contribution >= 4 is 23.2 Å². The second kappa shape index (κ2) is 7.68. The lowest BCUT2D eigenvalue weighted by Crippen LogP contribution is -2.21. The van der Waals surface area contributed by atoms with Gasteiger partial charge in [0.05, 0.1) is 10.0 Å². The molecule has 3 heteroatoms. The van der Waals surface area contributed by atoms with E-state index in [1.54, 1.807) is 0 Å². The predicted octanol–water partition coefficient (Wildman–Crippen LogP) is 5.28. The minimum atomic E-state index is 0.301. The minimum absolute atomic E-state index is 0.301. The molecule has 0 radical (unpaired) electrons. The number of hydrogen-bond acceptors (Lipinski definition) is 1. The summed E-state index contributed by atoms with van der Waals surface area (Å²) < 4.78 is 0. The van der Waals surface area contributed by atoms with Crippen molar-refractivity contribution in [3.05, 3.63) is 69.7 Å². The van der Waals surface area contributed by atoms with Crippen LogP contribution in [0.5, 0.6) is 0 Å². The molecule has 1 atom stereocenters. The number of benzene rings is 2. The summed E-state index contributed by atoms with van der Waals surface area (Å²) in [5, 5.41) is 4.74. The van der Waals surface area contributed by atoms with Crippen LogP contribution < -0.4 is 5.32 Å². The molecule has 0 heterocycles. The van der Waals surface area contributed by atoms with Gasteiger partial charge in [0.15, 0.2) is 0 Å². The molecule has 0 saturated carbocycles. The number of rotatable bonds is 6. The van der Waals surface area contributed by atoms with Gasteiger partial charge >= 0.3 is 0 Å². The van der Waals surface area contributed by atoms with Crippen molar-refractivity contribution in [3.8, 4) is 0 Å². The molecule has 0 aliphatic heterocycles. The molecule has 1 unspecified atom stereocenters. The zero-order valence-electron chi connectivity index (χ0n) is 11.6. The van der Waals surface area contributed by atoms with Gasteiger partial charge in [-0.15, -0.1) is 0 Å². The average Bonchev–Trinajstić information content (AvgIpc) is 2.47. The third-order valence-corrected chi connectivity index (χ3v) is 4.10. The molecule has 2 aromatic carbocycles. The Bertz CT molecular complexity index is 540. The van der Waals surface area contributed by atoms with E-state index in [1.165, 1.54) is 11.1 Å². The fourth-order valence-electron chi connectivity index (χ4n) is 2.32. The monoisotopic (exact) mass is 307 g/mol. The normalized spacial score (nSPS) is 12.3. The fourth-order valence-corrected chi connectivity index (χ4v) is 2.62. The number of hydrogen-bond donors (Lipinski definition) is 1. The molecule has 0 saturated heterocycles. The largest absolute Gasteiger partial charge is 0.310 e. The highest BCUT2D eigenvalue weighted by Crippen LogP contribution is 2.27. The first kappa shape index (κ1) is 15.4. The Kier molecular flexibility index (Phi) is 5.90. The Labute approximate surface area is 130 Å². The van der Waals surface area contributed by atoms with Gasteiger partial charge in [-0.25, -0.2) is 0 Å². The summed E-state index contributed by atoms with van der Waals surface area (Å²) in [4.78, 5) is 0. The smallest absolute Gasteiger partial charge is 0.0595 e. The zero-order chi connectivity index (χ0) is 14.4. The van der Waals surface area contributed by atoms with E-state index in [2.05, 4.69) is 36.5 Å². The third-order valence-electron chi connectivity index (χ3n) is 3.36. The van der Waals surface area contributed by atoms with E-state index in [0.29, 0.717) is 16.1 Å². The van der Waals surface area contributed by atoms with E-state index in [9.17, 15) is 0 Å². The van der Waals surface area contributed by atoms with Crippen molar-refractivity contribution in [3.63, 3.8) is 0 Å². The first-order valence-corrected chi connectivity index (χ1v) is 7.68.